The van der Waals surface area contributed by atoms with Crippen LogP contribution in [-0.2, 0) is 14.3 Å². The molecule has 1 amide bonds. The smallest absolute Gasteiger partial charge is 0.248 e. The summed E-state index contributed by atoms with van der Waals surface area (Å²) in [7, 11) is 2.19. The molecule has 4 atom stereocenters. The maximum atomic E-state index is 13.8. The number of anilines is 3. The van der Waals surface area contributed by atoms with E-state index in [9.17, 15) is 9.18 Å². The second kappa shape index (κ2) is 13.0. The number of hydrogen-bond donors (Lipinski definition) is 2. The van der Waals surface area contributed by atoms with Crippen LogP contribution in [-0.4, -0.2) is 90.9 Å². The topological polar surface area (TPSA) is 91.9 Å². The Morgan fingerprint density at radius 1 is 1.09 bits per heavy atom. The highest BCUT2D eigenvalue weighted by molar-refractivity contribution is 6.31. The minimum absolute atomic E-state index is 0.00565. The monoisotopic (exact) mass is 630 g/mol. The number of halogens is 2. The summed E-state index contributed by atoms with van der Waals surface area (Å²) in [5, 5.41) is 6.95. The number of likely N-dealkylation sites (tertiary alicyclic amines) is 2. The van der Waals surface area contributed by atoms with Crippen molar-refractivity contribution in [1.82, 2.24) is 19.8 Å². The van der Waals surface area contributed by atoms with Crippen molar-refractivity contribution >= 4 is 45.6 Å². The molecule has 3 saturated heterocycles. The average molecular weight is 631 g/mol. The lowest BCUT2D eigenvalue weighted by Crippen LogP contribution is -2.36. The standard InChI is InChI=1S/C34H36ClFN6O3/c1-41-16-23-11-21(12-24(23)17-41)4-5-22-13-30-26(34(38-20-37-30)39-25-6-7-28(36)27(35)14-25)15-29(22)40-33(43)3-2-8-42-18-31-32(19-42)45-10-9-44-31/h2-3,6-7,13-15,20-21,23-24,31-32H,8-12,16-19H2,1H3,(H,40,43)(H,37,38,39). The van der Waals surface area contributed by atoms with Crippen LogP contribution in [0.3, 0.4) is 0 Å². The first-order chi connectivity index (χ1) is 21.9. The van der Waals surface area contributed by atoms with E-state index in [-0.39, 0.29) is 23.1 Å². The fraction of sp³-hybridized carbons (Fsp3) is 0.441. The summed E-state index contributed by atoms with van der Waals surface area (Å²) in [6.45, 7) is 5.73. The molecular weight excluding hydrogens is 595 g/mol. The molecule has 1 aromatic heterocycles. The van der Waals surface area contributed by atoms with Gasteiger partial charge in [-0.25, -0.2) is 14.4 Å². The van der Waals surface area contributed by atoms with E-state index in [0.29, 0.717) is 71.2 Å². The summed E-state index contributed by atoms with van der Waals surface area (Å²) in [4.78, 5) is 26.7. The second-order valence-electron chi connectivity index (χ2n) is 12.5. The van der Waals surface area contributed by atoms with Gasteiger partial charge < -0.3 is 25.0 Å². The molecule has 3 aromatic rings. The Hall–Kier alpha value is -3.59. The zero-order valence-electron chi connectivity index (χ0n) is 25.1. The van der Waals surface area contributed by atoms with Gasteiger partial charge in [0.2, 0.25) is 5.91 Å². The van der Waals surface area contributed by atoms with E-state index in [0.717, 1.165) is 39.0 Å². The van der Waals surface area contributed by atoms with Crippen molar-refractivity contribution in [3.05, 3.63) is 65.2 Å². The molecule has 3 aliphatic heterocycles. The van der Waals surface area contributed by atoms with Crippen molar-refractivity contribution in [3.63, 3.8) is 0 Å². The molecule has 7 rings (SSSR count). The number of amides is 1. The number of hydrogen-bond acceptors (Lipinski definition) is 8. The van der Waals surface area contributed by atoms with Gasteiger partial charge in [0.1, 0.15) is 18.0 Å². The fourth-order valence-electron chi connectivity index (χ4n) is 7.12. The third-order valence-corrected chi connectivity index (χ3v) is 9.52. The predicted octanol–water partition coefficient (Wildman–Crippen LogP) is 4.70. The summed E-state index contributed by atoms with van der Waals surface area (Å²) in [6, 6.07) is 8.12. The van der Waals surface area contributed by atoms with Gasteiger partial charge in [0, 0.05) is 55.8 Å². The Balaban J connectivity index is 1.13. The molecular formula is C34H36ClFN6O3. The number of carbonyl (C=O) groups excluding carboxylic acids is 1. The van der Waals surface area contributed by atoms with Gasteiger partial charge in [-0.3, -0.25) is 9.69 Å². The molecule has 2 N–H and O–H groups in total. The van der Waals surface area contributed by atoms with Crippen LogP contribution in [0.1, 0.15) is 18.4 Å². The molecule has 0 bridgehead atoms. The highest BCUT2D eigenvalue weighted by Gasteiger charge is 2.39. The van der Waals surface area contributed by atoms with Crippen LogP contribution in [0.25, 0.3) is 10.9 Å². The van der Waals surface area contributed by atoms with E-state index >= 15 is 0 Å². The zero-order valence-corrected chi connectivity index (χ0v) is 25.9. The third kappa shape index (κ3) is 6.83. The van der Waals surface area contributed by atoms with Gasteiger partial charge in [-0.15, -0.1) is 0 Å². The van der Waals surface area contributed by atoms with Crippen LogP contribution in [0.15, 0.2) is 48.8 Å². The highest BCUT2D eigenvalue weighted by atomic mass is 35.5. The van der Waals surface area contributed by atoms with Crippen molar-refractivity contribution in [2.45, 2.75) is 25.0 Å². The van der Waals surface area contributed by atoms with Gasteiger partial charge in [-0.2, -0.15) is 0 Å². The summed E-state index contributed by atoms with van der Waals surface area (Å²) in [5.41, 5.74) is 2.52. The van der Waals surface area contributed by atoms with Gasteiger partial charge in [0.15, 0.2) is 0 Å². The van der Waals surface area contributed by atoms with Crippen LogP contribution in [0.2, 0.25) is 5.02 Å². The quantitative estimate of drug-likeness (QED) is 0.299. The molecule has 0 radical (unpaired) electrons. The lowest BCUT2D eigenvalue weighted by atomic mass is 10.0. The van der Waals surface area contributed by atoms with Gasteiger partial charge in [0.05, 0.1) is 47.2 Å². The van der Waals surface area contributed by atoms with Crippen LogP contribution in [0.5, 0.6) is 0 Å². The summed E-state index contributed by atoms with van der Waals surface area (Å²) in [5.74, 6) is 8.38. The lowest BCUT2D eigenvalue weighted by Gasteiger charge is -2.24. The zero-order chi connectivity index (χ0) is 30.9. The Morgan fingerprint density at radius 2 is 1.84 bits per heavy atom. The Kier molecular flexibility index (Phi) is 8.71. The SMILES string of the molecule is CN1CC2CC(C#Cc3cc4ncnc(Nc5ccc(F)c(Cl)c5)c4cc3NC(=O)C=CCN3CC4OCCOC4C3)CC2C1. The summed E-state index contributed by atoms with van der Waals surface area (Å²) < 4.78 is 25.4. The minimum Gasteiger partial charge on any atom is -0.372 e. The van der Waals surface area contributed by atoms with Gasteiger partial charge in [-0.05, 0) is 62.1 Å². The van der Waals surface area contributed by atoms with Crippen molar-refractivity contribution in [3.8, 4) is 11.8 Å². The molecule has 4 aliphatic rings. The molecule has 9 nitrogen and oxygen atoms in total. The molecule has 4 unspecified atom stereocenters. The van der Waals surface area contributed by atoms with Crippen molar-refractivity contribution in [2.24, 2.45) is 17.8 Å². The Morgan fingerprint density at radius 3 is 2.58 bits per heavy atom. The highest BCUT2D eigenvalue weighted by Crippen LogP contribution is 2.41. The van der Waals surface area contributed by atoms with Gasteiger partial charge in [0.25, 0.3) is 0 Å². The fourth-order valence-corrected chi connectivity index (χ4v) is 7.30. The number of ether oxygens (including phenoxy) is 2. The molecule has 234 valence electrons. The number of carbonyl (C=O) groups is 1. The number of rotatable bonds is 6. The molecule has 1 aliphatic carbocycles. The molecule has 4 fully saturated rings. The Labute approximate surface area is 267 Å². The largest absolute Gasteiger partial charge is 0.372 e. The van der Waals surface area contributed by atoms with Gasteiger partial charge in [-0.1, -0.05) is 29.5 Å². The lowest BCUT2D eigenvalue weighted by molar-refractivity contribution is -0.116. The predicted molar refractivity (Wildman–Crippen MR) is 172 cm³/mol. The normalized spacial score (nSPS) is 26.5. The molecule has 45 heavy (non-hydrogen) atoms. The van der Waals surface area contributed by atoms with E-state index in [1.807, 2.05) is 18.2 Å². The van der Waals surface area contributed by atoms with Crippen LogP contribution < -0.4 is 10.6 Å². The van der Waals surface area contributed by atoms with Crippen LogP contribution in [0, 0.1) is 35.4 Å². The Bertz CT molecular complexity index is 1660. The summed E-state index contributed by atoms with van der Waals surface area (Å²) >= 11 is 6.01. The van der Waals surface area contributed by atoms with Crippen molar-refractivity contribution in [1.29, 1.82) is 0 Å². The molecule has 2 aromatic carbocycles. The summed E-state index contributed by atoms with van der Waals surface area (Å²) in [6.07, 6.45) is 7.28. The van der Waals surface area contributed by atoms with E-state index in [4.69, 9.17) is 21.1 Å². The maximum Gasteiger partial charge on any atom is 0.248 e. The van der Waals surface area contributed by atoms with E-state index in [2.05, 4.69) is 49.3 Å². The number of aromatic nitrogens is 2. The maximum absolute atomic E-state index is 13.8. The first-order valence-corrected chi connectivity index (χ1v) is 15.9. The van der Waals surface area contributed by atoms with Crippen LogP contribution in [0.4, 0.5) is 21.6 Å². The number of nitrogens with one attached hydrogen (secondary N) is 2. The van der Waals surface area contributed by atoms with Crippen LogP contribution >= 0.6 is 11.6 Å². The number of fused-ring (bicyclic) bond motifs is 3. The van der Waals surface area contributed by atoms with E-state index in [1.165, 1.54) is 18.5 Å². The van der Waals surface area contributed by atoms with Crippen molar-refractivity contribution in [2.75, 3.05) is 63.6 Å². The molecule has 4 heterocycles. The van der Waals surface area contributed by atoms with E-state index in [1.54, 1.807) is 12.1 Å². The first kappa shape index (κ1) is 30.1. The number of benzene rings is 2. The third-order valence-electron chi connectivity index (χ3n) is 9.23. The van der Waals surface area contributed by atoms with E-state index < -0.39 is 5.82 Å². The molecule has 11 heteroatoms. The first-order valence-electron chi connectivity index (χ1n) is 15.5. The average Bonchev–Trinajstić information content (AvgIpc) is 3.70. The second-order valence-corrected chi connectivity index (χ2v) is 12.9. The minimum atomic E-state index is -0.501. The van der Waals surface area contributed by atoms with Gasteiger partial charge >= 0.3 is 0 Å². The van der Waals surface area contributed by atoms with Crippen molar-refractivity contribution < 1.29 is 18.7 Å². The molecule has 0 spiro atoms. The number of nitrogens with zero attached hydrogens (tertiary/aromatic N) is 4. The molecule has 1 saturated carbocycles.